The fraction of sp³-hybridized carbons (Fsp3) is 0.400. The van der Waals surface area contributed by atoms with Crippen LogP contribution in [0.4, 0.5) is 19.1 Å². The molecule has 0 bridgehead atoms. The van der Waals surface area contributed by atoms with Crippen LogP contribution >= 0.6 is 0 Å². The average Bonchev–Trinajstić information content (AvgIpc) is 3.13. The first-order chi connectivity index (χ1) is 14.7. The first kappa shape index (κ1) is 22.5. The van der Waals surface area contributed by atoms with E-state index in [9.17, 15) is 13.2 Å². The second-order valence-electron chi connectivity index (χ2n) is 7.19. The maximum atomic E-state index is 10.6. The number of imidazole rings is 1. The molecule has 3 heterocycles. The molecule has 4 rings (SSSR count). The lowest BCUT2D eigenvalue weighted by Crippen LogP contribution is -2.46. The zero-order valence-corrected chi connectivity index (χ0v) is 16.9. The largest absolute Gasteiger partial charge is 0.490 e. The molecule has 1 fully saturated rings. The molecule has 11 heteroatoms. The number of hydrogen-bond acceptors (Lipinski definition) is 6. The Labute approximate surface area is 176 Å². The maximum Gasteiger partial charge on any atom is 0.490 e. The fourth-order valence-corrected chi connectivity index (χ4v) is 3.25. The van der Waals surface area contributed by atoms with Gasteiger partial charge in [-0.3, -0.25) is 0 Å². The van der Waals surface area contributed by atoms with Crippen molar-refractivity contribution in [1.29, 1.82) is 0 Å². The summed E-state index contributed by atoms with van der Waals surface area (Å²) in [7, 11) is 1.96. The van der Waals surface area contributed by atoms with Crippen LogP contribution < -0.4 is 10.2 Å². The molecule has 1 aliphatic rings. The molecule has 0 amide bonds. The van der Waals surface area contributed by atoms with Crippen LogP contribution in [0.25, 0.3) is 11.2 Å². The molecular weight excluding hydrogens is 413 g/mol. The number of benzene rings is 1. The molecule has 1 atom stereocenters. The Morgan fingerprint density at radius 3 is 2.65 bits per heavy atom. The predicted octanol–water partition coefficient (Wildman–Crippen LogP) is 2.76. The van der Waals surface area contributed by atoms with Gasteiger partial charge >= 0.3 is 12.1 Å². The third kappa shape index (κ3) is 6.14. The van der Waals surface area contributed by atoms with E-state index in [1.165, 1.54) is 12.0 Å². The highest BCUT2D eigenvalue weighted by Gasteiger charge is 2.38. The van der Waals surface area contributed by atoms with Crippen molar-refractivity contribution in [2.24, 2.45) is 7.05 Å². The summed E-state index contributed by atoms with van der Waals surface area (Å²) in [6.45, 7) is 2.85. The lowest BCUT2D eigenvalue weighted by Gasteiger charge is -2.33. The predicted molar refractivity (Wildman–Crippen MR) is 109 cm³/mol. The molecule has 1 aliphatic heterocycles. The number of aromatic nitrogens is 4. The lowest BCUT2D eigenvalue weighted by atomic mass is 10.1. The van der Waals surface area contributed by atoms with Crippen molar-refractivity contribution < 1.29 is 23.1 Å². The van der Waals surface area contributed by atoms with E-state index in [4.69, 9.17) is 14.9 Å². The Morgan fingerprint density at radius 2 is 1.97 bits per heavy atom. The topological polar surface area (TPSA) is 96.2 Å². The molecule has 1 aromatic carbocycles. The summed E-state index contributed by atoms with van der Waals surface area (Å²) >= 11 is 0. The summed E-state index contributed by atoms with van der Waals surface area (Å²) in [5.74, 6) is -1.95. The summed E-state index contributed by atoms with van der Waals surface area (Å²) in [5.41, 5.74) is 3.05. The van der Waals surface area contributed by atoms with Gasteiger partial charge in [-0.2, -0.15) is 18.2 Å². The SMILES string of the molecule is Cn1cnc2cnc(N3CCCC(NCc4ccccc4)C3)nc21.O=C(O)C(F)(F)F. The van der Waals surface area contributed by atoms with Gasteiger partial charge in [-0.05, 0) is 18.4 Å². The highest BCUT2D eigenvalue weighted by atomic mass is 19.4. The number of carboxylic acid groups (broad SMARTS) is 1. The molecule has 0 radical (unpaired) electrons. The number of aryl methyl sites for hydroxylation is 1. The first-order valence-corrected chi connectivity index (χ1v) is 9.70. The number of aliphatic carboxylic acids is 1. The van der Waals surface area contributed by atoms with Gasteiger partial charge in [-0.1, -0.05) is 30.3 Å². The van der Waals surface area contributed by atoms with E-state index < -0.39 is 12.1 Å². The minimum absolute atomic E-state index is 0.463. The van der Waals surface area contributed by atoms with Gasteiger partial charge in [0, 0.05) is 32.7 Å². The standard InChI is InChI=1S/C18H22N6.C2HF3O2/c1-23-13-21-16-11-20-18(22-17(16)23)24-9-5-8-15(12-24)19-10-14-6-3-2-4-7-14;3-2(4,5)1(6)7/h2-4,6-7,11,13,15,19H,5,8-10,12H2,1H3;(H,6,7). The summed E-state index contributed by atoms with van der Waals surface area (Å²) in [4.78, 5) is 24.7. The van der Waals surface area contributed by atoms with E-state index in [1.807, 2.05) is 17.8 Å². The lowest BCUT2D eigenvalue weighted by molar-refractivity contribution is -0.192. The number of alkyl halides is 3. The Morgan fingerprint density at radius 1 is 1.26 bits per heavy atom. The molecule has 31 heavy (non-hydrogen) atoms. The number of nitrogens with one attached hydrogen (secondary N) is 1. The number of halogens is 3. The molecule has 0 aliphatic carbocycles. The van der Waals surface area contributed by atoms with E-state index in [0.29, 0.717) is 6.04 Å². The van der Waals surface area contributed by atoms with Crippen LogP contribution in [0.15, 0.2) is 42.9 Å². The summed E-state index contributed by atoms with van der Waals surface area (Å²) in [6.07, 6.45) is 0.860. The van der Waals surface area contributed by atoms with Gasteiger partial charge in [-0.15, -0.1) is 0 Å². The van der Waals surface area contributed by atoms with Gasteiger partial charge in [0.2, 0.25) is 5.95 Å². The van der Waals surface area contributed by atoms with Crippen molar-refractivity contribution in [3.8, 4) is 0 Å². The van der Waals surface area contributed by atoms with Gasteiger partial charge in [-0.25, -0.2) is 14.8 Å². The summed E-state index contributed by atoms with van der Waals surface area (Å²) in [6, 6.07) is 11.0. The van der Waals surface area contributed by atoms with Crippen LogP contribution in [-0.4, -0.2) is 55.9 Å². The summed E-state index contributed by atoms with van der Waals surface area (Å²) < 4.78 is 33.7. The Hall–Kier alpha value is -3.21. The quantitative estimate of drug-likeness (QED) is 0.649. The van der Waals surface area contributed by atoms with Gasteiger partial charge in [0.25, 0.3) is 0 Å². The molecule has 2 aromatic heterocycles. The number of fused-ring (bicyclic) bond motifs is 1. The minimum Gasteiger partial charge on any atom is -0.475 e. The number of carbonyl (C=O) groups is 1. The molecule has 2 N–H and O–H groups in total. The van der Waals surface area contributed by atoms with Crippen molar-refractivity contribution >= 4 is 23.1 Å². The molecule has 8 nitrogen and oxygen atoms in total. The smallest absolute Gasteiger partial charge is 0.475 e. The number of nitrogens with zero attached hydrogens (tertiary/aromatic N) is 5. The highest BCUT2D eigenvalue weighted by Crippen LogP contribution is 2.19. The van der Waals surface area contributed by atoms with Gasteiger partial charge in [0.05, 0.1) is 12.5 Å². The molecule has 0 saturated carbocycles. The molecule has 0 spiro atoms. The zero-order valence-electron chi connectivity index (χ0n) is 16.9. The van der Waals surface area contributed by atoms with Crippen LogP contribution in [-0.2, 0) is 18.4 Å². The van der Waals surface area contributed by atoms with Crippen LogP contribution in [0.1, 0.15) is 18.4 Å². The van der Waals surface area contributed by atoms with E-state index in [2.05, 4.69) is 50.5 Å². The molecule has 166 valence electrons. The first-order valence-electron chi connectivity index (χ1n) is 9.70. The van der Waals surface area contributed by atoms with Crippen molar-refractivity contribution in [1.82, 2.24) is 24.8 Å². The molecule has 1 saturated heterocycles. The number of anilines is 1. The second kappa shape index (κ2) is 9.73. The fourth-order valence-electron chi connectivity index (χ4n) is 3.25. The minimum atomic E-state index is -5.08. The third-order valence-electron chi connectivity index (χ3n) is 4.83. The number of carboxylic acids is 1. The van der Waals surface area contributed by atoms with Gasteiger partial charge in [0.15, 0.2) is 5.65 Å². The third-order valence-corrected chi connectivity index (χ3v) is 4.83. The van der Waals surface area contributed by atoms with Crippen molar-refractivity contribution in [2.75, 3.05) is 18.0 Å². The van der Waals surface area contributed by atoms with E-state index in [0.717, 1.165) is 43.2 Å². The van der Waals surface area contributed by atoms with E-state index >= 15 is 0 Å². The van der Waals surface area contributed by atoms with E-state index in [-0.39, 0.29) is 0 Å². The molecule has 3 aromatic rings. The van der Waals surface area contributed by atoms with Gasteiger partial charge < -0.3 is 19.9 Å². The van der Waals surface area contributed by atoms with Crippen LogP contribution in [0.3, 0.4) is 0 Å². The molecular formula is C20H23F3N6O2. The van der Waals surface area contributed by atoms with Gasteiger partial charge in [0.1, 0.15) is 5.52 Å². The normalized spacial score (nSPS) is 16.6. The van der Waals surface area contributed by atoms with Crippen LogP contribution in [0.5, 0.6) is 0 Å². The molecule has 1 unspecified atom stereocenters. The number of hydrogen-bond donors (Lipinski definition) is 2. The number of piperidine rings is 1. The van der Waals surface area contributed by atoms with Crippen molar-refractivity contribution in [3.63, 3.8) is 0 Å². The second-order valence-corrected chi connectivity index (χ2v) is 7.19. The van der Waals surface area contributed by atoms with Crippen LogP contribution in [0.2, 0.25) is 0 Å². The highest BCUT2D eigenvalue weighted by molar-refractivity contribution is 5.73. The Kier molecular flexibility index (Phi) is 7.06. The summed E-state index contributed by atoms with van der Waals surface area (Å²) in [5, 5.41) is 10.8. The Balaban J connectivity index is 0.000000339. The monoisotopic (exact) mass is 436 g/mol. The van der Waals surface area contributed by atoms with Crippen molar-refractivity contribution in [2.45, 2.75) is 31.6 Å². The van der Waals surface area contributed by atoms with E-state index in [1.54, 1.807) is 6.33 Å². The Bertz CT molecular complexity index is 1010. The average molecular weight is 436 g/mol. The zero-order chi connectivity index (χ0) is 22.4. The van der Waals surface area contributed by atoms with Crippen molar-refractivity contribution in [3.05, 3.63) is 48.4 Å². The maximum absolute atomic E-state index is 10.6. The number of rotatable bonds is 4. The van der Waals surface area contributed by atoms with Crippen LogP contribution in [0, 0.1) is 0 Å².